The Hall–Kier alpha value is -1.64. The number of aromatic nitrogens is 1. The first kappa shape index (κ1) is 20.4. The van der Waals surface area contributed by atoms with Crippen LogP contribution in [0.1, 0.15) is 5.69 Å². The highest BCUT2D eigenvalue weighted by molar-refractivity contribution is 14.0. The fourth-order valence-electron chi connectivity index (χ4n) is 1.64. The van der Waals surface area contributed by atoms with Gasteiger partial charge in [0.25, 0.3) is 0 Å². The first-order valence-corrected chi connectivity index (χ1v) is 6.86. The highest BCUT2D eigenvalue weighted by Crippen LogP contribution is 1.96. The van der Waals surface area contributed by atoms with E-state index in [1.807, 2.05) is 18.2 Å². The van der Waals surface area contributed by atoms with E-state index in [1.54, 1.807) is 31.3 Å². The summed E-state index contributed by atoms with van der Waals surface area (Å²) in [5.41, 5.74) is 0.980. The Morgan fingerprint density at radius 3 is 2.82 bits per heavy atom. The van der Waals surface area contributed by atoms with Crippen molar-refractivity contribution in [3.05, 3.63) is 42.7 Å². The molecule has 0 radical (unpaired) electrons. The second kappa shape index (κ2) is 12.0. The van der Waals surface area contributed by atoms with Gasteiger partial charge in [-0.15, -0.1) is 30.6 Å². The Kier molecular flexibility index (Phi) is 11.1. The van der Waals surface area contributed by atoms with Crippen molar-refractivity contribution in [2.45, 2.75) is 6.42 Å². The van der Waals surface area contributed by atoms with E-state index in [4.69, 9.17) is 0 Å². The summed E-state index contributed by atoms with van der Waals surface area (Å²) in [6.07, 6.45) is 4.23. The van der Waals surface area contributed by atoms with Crippen molar-refractivity contribution in [3.8, 4) is 0 Å². The molecule has 1 rings (SSSR count). The Bertz CT molecular complexity index is 478. The zero-order valence-electron chi connectivity index (χ0n) is 13.1. The lowest BCUT2D eigenvalue weighted by Crippen LogP contribution is -2.44. The van der Waals surface area contributed by atoms with Crippen molar-refractivity contribution in [2.75, 3.05) is 33.7 Å². The molecule has 1 aromatic heterocycles. The minimum absolute atomic E-state index is 0. The third kappa shape index (κ3) is 7.96. The molecule has 1 heterocycles. The molecule has 7 heteroatoms. The van der Waals surface area contributed by atoms with Crippen LogP contribution in [0.3, 0.4) is 0 Å². The maximum absolute atomic E-state index is 12.0. The van der Waals surface area contributed by atoms with E-state index in [1.165, 1.54) is 0 Å². The topological polar surface area (TPSA) is 69.6 Å². The lowest BCUT2D eigenvalue weighted by Gasteiger charge is -2.18. The minimum atomic E-state index is 0. The molecular formula is C15H24IN5O. The molecule has 0 fully saturated rings. The van der Waals surface area contributed by atoms with Crippen LogP contribution in [0.4, 0.5) is 0 Å². The molecule has 1 amide bonds. The van der Waals surface area contributed by atoms with Crippen LogP contribution >= 0.6 is 24.0 Å². The van der Waals surface area contributed by atoms with E-state index in [0.717, 1.165) is 12.1 Å². The third-order valence-corrected chi connectivity index (χ3v) is 2.90. The summed E-state index contributed by atoms with van der Waals surface area (Å²) in [6.45, 7) is 5.06. The van der Waals surface area contributed by atoms with Gasteiger partial charge in [0.05, 0.1) is 6.54 Å². The first-order valence-electron chi connectivity index (χ1n) is 6.86. The molecule has 122 valence electrons. The van der Waals surface area contributed by atoms with Gasteiger partial charge in [-0.2, -0.15) is 0 Å². The summed E-state index contributed by atoms with van der Waals surface area (Å²) in [6, 6.07) is 5.78. The largest absolute Gasteiger partial charge is 0.353 e. The highest BCUT2D eigenvalue weighted by atomic mass is 127. The molecule has 0 aromatic carbocycles. The second-order valence-corrected chi connectivity index (χ2v) is 4.48. The molecule has 0 unspecified atom stereocenters. The summed E-state index contributed by atoms with van der Waals surface area (Å²) >= 11 is 0. The summed E-state index contributed by atoms with van der Waals surface area (Å²) in [7, 11) is 3.45. The quantitative estimate of drug-likeness (QED) is 0.301. The molecule has 6 nitrogen and oxygen atoms in total. The Labute approximate surface area is 149 Å². The van der Waals surface area contributed by atoms with Gasteiger partial charge in [-0.05, 0) is 12.1 Å². The normalized spacial score (nSPS) is 10.4. The van der Waals surface area contributed by atoms with Gasteiger partial charge in [0.2, 0.25) is 5.91 Å². The number of rotatable bonds is 7. The number of pyridine rings is 1. The van der Waals surface area contributed by atoms with Gasteiger partial charge < -0.3 is 15.5 Å². The molecule has 0 bridgehead atoms. The minimum Gasteiger partial charge on any atom is -0.353 e. The van der Waals surface area contributed by atoms with Crippen LogP contribution in [0.2, 0.25) is 0 Å². The second-order valence-electron chi connectivity index (χ2n) is 4.48. The lowest BCUT2D eigenvalue weighted by atomic mass is 10.2. The average molecular weight is 417 g/mol. The van der Waals surface area contributed by atoms with Gasteiger partial charge in [0.1, 0.15) is 0 Å². The number of nitrogens with zero attached hydrogens (tertiary/aromatic N) is 3. The van der Waals surface area contributed by atoms with Crippen molar-refractivity contribution in [1.82, 2.24) is 20.5 Å². The van der Waals surface area contributed by atoms with Crippen LogP contribution < -0.4 is 10.6 Å². The third-order valence-electron chi connectivity index (χ3n) is 2.90. The summed E-state index contributed by atoms with van der Waals surface area (Å²) in [5, 5.41) is 5.98. The molecule has 0 aliphatic rings. The molecule has 0 spiro atoms. The molecule has 0 saturated heterocycles. The first-order chi connectivity index (χ1) is 10.2. The van der Waals surface area contributed by atoms with Crippen molar-refractivity contribution in [1.29, 1.82) is 0 Å². The van der Waals surface area contributed by atoms with Crippen LogP contribution in [0, 0.1) is 0 Å². The smallest absolute Gasteiger partial charge is 0.241 e. The number of carbonyl (C=O) groups excluding carboxylic acids is 1. The van der Waals surface area contributed by atoms with E-state index in [2.05, 4.69) is 27.2 Å². The molecule has 0 saturated carbocycles. The van der Waals surface area contributed by atoms with Gasteiger partial charge in [0.15, 0.2) is 5.96 Å². The van der Waals surface area contributed by atoms with Gasteiger partial charge in [-0.3, -0.25) is 14.8 Å². The Morgan fingerprint density at radius 1 is 1.45 bits per heavy atom. The fraction of sp³-hybridized carbons (Fsp3) is 0.400. The van der Waals surface area contributed by atoms with Crippen LogP contribution in [-0.4, -0.2) is 55.5 Å². The van der Waals surface area contributed by atoms with Crippen molar-refractivity contribution in [3.63, 3.8) is 0 Å². The Balaban J connectivity index is 0.00000441. The number of aliphatic imine (C=N–C) groups is 1. The van der Waals surface area contributed by atoms with Gasteiger partial charge >= 0.3 is 0 Å². The number of amides is 1. The number of guanidine groups is 1. The molecule has 1 aromatic rings. The van der Waals surface area contributed by atoms with Crippen LogP contribution in [-0.2, 0) is 11.2 Å². The standard InChI is InChI=1S/C15H23N5O.HI/c1-4-9-18-15(16-2)19-12-14(21)20(3)11-8-13-7-5-6-10-17-13;/h4-7,10H,1,8-9,11-12H2,2-3H3,(H2,16,18,19);1H. The number of carbonyl (C=O) groups is 1. The molecule has 0 aliphatic heterocycles. The molecule has 2 N–H and O–H groups in total. The predicted molar refractivity (Wildman–Crippen MR) is 101 cm³/mol. The van der Waals surface area contributed by atoms with E-state index in [0.29, 0.717) is 19.0 Å². The van der Waals surface area contributed by atoms with Crippen LogP contribution in [0.25, 0.3) is 0 Å². The van der Waals surface area contributed by atoms with E-state index in [9.17, 15) is 4.79 Å². The van der Waals surface area contributed by atoms with Gasteiger partial charge in [-0.1, -0.05) is 12.1 Å². The Morgan fingerprint density at radius 2 is 2.23 bits per heavy atom. The maximum atomic E-state index is 12.0. The van der Waals surface area contributed by atoms with Crippen LogP contribution in [0.5, 0.6) is 0 Å². The number of hydrogen-bond donors (Lipinski definition) is 2. The number of hydrogen-bond acceptors (Lipinski definition) is 3. The summed E-state index contributed by atoms with van der Waals surface area (Å²) < 4.78 is 0. The molecule has 0 aliphatic carbocycles. The number of nitrogens with one attached hydrogen (secondary N) is 2. The van der Waals surface area contributed by atoms with Crippen LogP contribution in [0.15, 0.2) is 42.0 Å². The molecular weight excluding hydrogens is 393 g/mol. The fourth-order valence-corrected chi connectivity index (χ4v) is 1.64. The highest BCUT2D eigenvalue weighted by Gasteiger charge is 2.09. The number of halogens is 1. The lowest BCUT2D eigenvalue weighted by molar-refractivity contribution is -0.128. The molecule has 0 atom stereocenters. The average Bonchev–Trinajstić information content (AvgIpc) is 2.53. The van der Waals surface area contributed by atoms with Crippen molar-refractivity contribution in [2.24, 2.45) is 4.99 Å². The van der Waals surface area contributed by atoms with E-state index in [-0.39, 0.29) is 36.4 Å². The van der Waals surface area contributed by atoms with E-state index < -0.39 is 0 Å². The summed E-state index contributed by atoms with van der Waals surface area (Å²) in [4.78, 5) is 21.9. The molecule has 22 heavy (non-hydrogen) atoms. The SMILES string of the molecule is C=CCNC(=NC)NCC(=O)N(C)CCc1ccccn1.I. The zero-order valence-corrected chi connectivity index (χ0v) is 15.4. The van der Waals surface area contributed by atoms with Crippen molar-refractivity contribution >= 4 is 35.8 Å². The zero-order chi connectivity index (χ0) is 15.5. The van der Waals surface area contributed by atoms with Gasteiger partial charge in [-0.25, -0.2) is 0 Å². The van der Waals surface area contributed by atoms with Crippen molar-refractivity contribution < 1.29 is 4.79 Å². The van der Waals surface area contributed by atoms with E-state index >= 15 is 0 Å². The maximum Gasteiger partial charge on any atom is 0.241 e. The van der Waals surface area contributed by atoms with Gasteiger partial charge in [0, 0.05) is 45.5 Å². The summed E-state index contributed by atoms with van der Waals surface area (Å²) in [5.74, 6) is 0.592. The number of likely N-dealkylation sites (N-methyl/N-ethyl adjacent to an activating group) is 1. The monoisotopic (exact) mass is 417 g/mol. The predicted octanol–water partition coefficient (Wildman–Crippen LogP) is 1.05.